The zero-order chi connectivity index (χ0) is 14.5. The largest absolute Gasteiger partial charge is 0.478 e. The standard InChI is InChI=1S/C17H25NO2/c1-3-7-13(8-4-2)18-12-6-10-14-15(17(19)20)9-5-11-16(14)18/h5,9,11,13H,3-4,6-8,10,12H2,1-2H3,(H,19,20). The number of anilines is 1. The summed E-state index contributed by atoms with van der Waals surface area (Å²) in [6.45, 7) is 5.50. The van der Waals surface area contributed by atoms with E-state index in [1.807, 2.05) is 6.07 Å². The Balaban J connectivity index is 2.36. The van der Waals surface area contributed by atoms with E-state index < -0.39 is 5.97 Å². The van der Waals surface area contributed by atoms with Gasteiger partial charge < -0.3 is 10.0 Å². The van der Waals surface area contributed by atoms with Gasteiger partial charge in [-0.25, -0.2) is 4.79 Å². The second-order valence-corrected chi connectivity index (χ2v) is 5.64. The van der Waals surface area contributed by atoms with E-state index in [0.717, 1.165) is 30.6 Å². The van der Waals surface area contributed by atoms with Crippen LogP contribution in [0.25, 0.3) is 0 Å². The van der Waals surface area contributed by atoms with Gasteiger partial charge in [0.05, 0.1) is 5.56 Å². The van der Waals surface area contributed by atoms with E-state index in [0.29, 0.717) is 11.6 Å². The Morgan fingerprint density at radius 2 is 2.00 bits per heavy atom. The first-order chi connectivity index (χ1) is 9.69. The van der Waals surface area contributed by atoms with E-state index in [2.05, 4.69) is 24.8 Å². The minimum Gasteiger partial charge on any atom is -0.478 e. The third kappa shape index (κ3) is 2.97. The van der Waals surface area contributed by atoms with Crippen LogP contribution in [-0.4, -0.2) is 23.7 Å². The lowest BCUT2D eigenvalue weighted by Gasteiger charge is -2.38. The molecule has 1 N–H and O–H groups in total. The summed E-state index contributed by atoms with van der Waals surface area (Å²) < 4.78 is 0. The molecule has 0 aliphatic carbocycles. The van der Waals surface area contributed by atoms with Crippen LogP contribution in [0.3, 0.4) is 0 Å². The molecule has 0 spiro atoms. The number of nitrogens with zero attached hydrogens (tertiary/aromatic N) is 1. The molecule has 0 amide bonds. The number of hydrogen-bond acceptors (Lipinski definition) is 2. The van der Waals surface area contributed by atoms with Crippen LogP contribution in [0.15, 0.2) is 18.2 Å². The summed E-state index contributed by atoms with van der Waals surface area (Å²) in [7, 11) is 0. The van der Waals surface area contributed by atoms with Crippen LogP contribution in [-0.2, 0) is 6.42 Å². The van der Waals surface area contributed by atoms with E-state index in [1.54, 1.807) is 6.07 Å². The summed E-state index contributed by atoms with van der Waals surface area (Å²) in [6.07, 6.45) is 6.67. The highest BCUT2D eigenvalue weighted by atomic mass is 16.4. The van der Waals surface area contributed by atoms with Crippen LogP contribution in [0.1, 0.15) is 61.9 Å². The number of carboxylic acids is 1. The topological polar surface area (TPSA) is 40.5 Å². The van der Waals surface area contributed by atoms with Gasteiger partial charge in [0, 0.05) is 18.3 Å². The normalized spacial score (nSPS) is 14.4. The van der Waals surface area contributed by atoms with Gasteiger partial charge in [0.1, 0.15) is 0 Å². The minimum atomic E-state index is -0.800. The molecule has 1 heterocycles. The lowest BCUT2D eigenvalue weighted by molar-refractivity contribution is 0.0695. The molecule has 1 aromatic rings. The molecule has 0 fully saturated rings. The molecule has 1 aliphatic heterocycles. The van der Waals surface area contributed by atoms with Gasteiger partial charge in [0.15, 0.2) is 0 Å². The van der Waals surface area contributed by atoms with E-state index in [-0.39, 0.29) is 0 Å². The maximum Gasteiger partial charge on any atom is 0.336 e. The smallest absolute Gasteiger partial charge is 0.336 e. The first-order valence-electron chi connectivity index (χ1n) is 7.80. The first kappa shape index (κ1) is 14.9. The van der Waals surface area contributed by atoms with E-state index in [1.165, 1.54) is 25.7 Å². The van der Waals surface area contributed by atoms with E-state index >= 15 is 0 Å². The molecule has 0 saturated heterocycles. The number of carbonyl (C=O) groups is 1. The lowest BCUT2D eigenvalue weighted by Crippen LogP contribution is -2.39. The second kappa shape index (κ2) is 6.78. The highest BCUT2D eigenvalue weighted by Crippen LogP contribution is 2.33. The predicted octanol–water partition coefficient (Wildman–Crippen LogP) is 4.11. The fourth-order valence-corrected chi connectivity index (χ4v) is 3.36. The molecular formula is C17H25NO2. The van der Waals surface area contributed by atoms with Gasteiger partial charge in [0.2, 0.25) is 0 Å². The third-order valence-electron chi connectivity index (χ3n) is 4.20. The van der Waals surface area contributed by atoms with Crippen molar-refractivity contribution in [3.05, 3.63) is 29.3 Å². The quantitative estimate of drug-likeness (QED) is 0.849. The summed E-state index contributed by atoms with van der Waals surface area (Å²) in [5, 5.41) is 9.35. The molecule has 1 aliphatic rings. The number of aromatic carboxylic acids is 1. The fraction of sp³-hybridized carbons (Fsp3) is 0.588. The number of hydrogen-bond donors (Lipinski definition) is 1. The van der Waals surface area contributed by atoms with Crippen LogP contribution in [0, 0.1) is 0 Å². The zero-order valence-corrected chi connectivity index (χ0v) is 12.6. The average Bonchev–Trinajstić information content (AvgIpc) is 2.45. The Hall–Kier alpha value is -1.51. The molecule has 0 saturated carbocycles. The van der Waals surface area contributed by atoms with Crippen molar-refractivity contribution in [1.82, 2.24) is 0 Å². The molecule has 0 radical (unpaired) electrons. The summed E-state index contributed by atoms with van der Waals surface area (Å²) in [4.78, 5) is 13.8. The third-order valence-corrected chi connectivity index (χ3v) is 4.20. The summed E-state index contributed by atoms with van der Waals surface area (Å²) in [5.74, 6) is -0.800. The molecule has 110 valence electrons. The Morgan fingerprint density at radius 3 is 2.60 bits per heavy atom. The predicted molar refractivity (Wildman–Crippen MR) is 82.7 cm³/mol. The van der Waals surface area contributed by atoms with Gasteiger partial charge in [0.25, 0.3) is 0 Å². The Bertz CT molecular complexity index is 464. The molecule has 0 aromatic heterocycles. The van der Waals surface area contributed by atoms with Gasteiger partial charge in [-0.3, -0.25) is 0 Å². The molecule has 1 aromatic carbocycles. The van der Waals surface area contributed by atoms with Crippen LogP contribution < -0.4 is 4.90 Å². The monoisotopic (exact) mass is 275 g/mol. The maximum atomic E-state index is 11.4. The molecule has 3 heteroatoms. The zero-order valence-electron chi connectivity index (χ0n) is 12.6. The molecule has 2 rings (SSSR count). The Kier molecular flexibility index (Phi) is 5.05. The molecule has 20 heavy (non-hydrogen) atoms. The molecular weight excluding hydrogens is 250 g/mol. The van der Waals surface area contributed by atoms with Gasteiger partial charge in [-0.15, -0.1) is 0 Å². The van der Waals surface area contributed by atoms with Crippen molar-refractivity contribution in [2.75, 3.05) is 11.4 Å². The maximum absolute atomic E-state index is 11.4. The number of benzene rings is 1. The number of carboxylic acid groups (broad SMARTS) is 1. The van der Waals surface area contributed by atoms with Crippen molar-refractivity contribution < 1.29 is 9.90 Å². The van der Waals surface area contributed by atoms with Crippen LogP contribution in [0.5, 0.6) is 0 Å². The number of rotatable bonds is 6. The first-order valence-corrected chi connectivity index (χ1v) is 7.80. The molecule has 0 unspecified atom stereocenters. The summed E-state index contributed by atoms with van der Waals surface area (Å²) in [5.41, 5.74) is 2.67. The van der Waals surface area contributed by atoms with Crippen molar-refractivity contribution in [3.8, 4) is 0 Å². The Morgan fingerprint density at radius 1 is 1.30 bits per heavy atom. The second-order valence-electron chi connectivity index (χ2n) is 5.64. The van der Waals surface area contributed by atoms with Crippen LogP contribution in [0.4, 0.5) is 5.69 Å². The summed E-state index contributed by atoms with van der Waals surface area (Å²) >= 11 is 0. The molecule has 0 bridgehead atoms. The van der Waals surface area contributed by atoms with Crippen LogP contribution >= 0.6 is 0 Å². The van der Waals surface area contributed by atoms with Crippen LogP contribution in [0.2, 0.25) is 0 Å². The summed E-state index contributed by atoms with van der Waals surface area (Å²) in [6, 6.07) is 6.27. The minimum absolute atomic E-state index is 0.485. The van der Waals surface area contributed by atoms with Crippen molar-refractivity contribution >= 4 is 11.7 Å². The van der Waals surface area contributed by atoms with E-state index in [9.17, 15) is 9.90 Å². The Labute approximate surface area is 121 Å². The van der Waals surface area contributed by atoms with Gasteiger partial charge >= 0.3 is 5.97 Å². The van der Waals surface area contributed by atoms with Crippen molar-refractivity contribution in [2.24, 2.45) is 0 Å². The van der Waals surface area contributed by atoms with Crippen molar-refractivity contribution in [3.63, 3.8) is 0 Å². The average molecular weight is 275 g/mol. The van der Waals surface area contributed by atoms with E-state index in [4.69, 9.17) is 0 Å². The van der Waals surface area contributed by atoms with Gasteiger partial charge in [-0.2, -0.15) is 0 Å². The number of fused-ring (bicyclic) bond motifs is 1. The highest BCUT2D eigenvalue weighted by molar-refractivity contribution is 5.91. The molecule has 0 atom stereocenters. The fourth-order valence-electron chi connectivity index (χ4n) is 3.36. The van der Waals surface area contributed by atoms with Gasteiger partial charge in [-0.1, -0.05) is 32.8 Å². The highest BCUT2D eigenvalue weighted by Gasteiger charge is 2.26. The molecule has 3 nitrogen and oxygen atoms in total. The van der Waals surface area contributed by atoms with Gasteiger partial charge in [-0.05, 0) is 43.4 Å². The van der Waals surface area contributed by atoms with Crippen molar-refractivity contribution in [2.45, 2.75) is 58.4 Å². The lowest BCUT2D eigenvalue weighted by atomic mass is 9.93. The van der Waals surface area contributed by atoms with Crippen molar-refractivity contribution in [1.29, 1.82) is 0 Å². The SMILES string of the molecule is CCCC(CCC)N1CCCc2c(C(=O)O)cccc21.